The number of hydrogen-bond donors (Lipinski definition) is 0. The van der Waals surface area contributed by atoms with Gasteiger partial charge in [0.25, 0.3) is 5.91 Å². The average molecular weight is 347 g/mol. The molecule has 2 aliphatic rings. The second-order valence-electron chi connectivity index (χ2n) is 6.07. The van der Waals surface area contributed by atoms with Gasteiger partial charge in [0, 0.05) is 25.3 Å². The predicted octanol–water partition coefficient (Wildman–Crippen LogP) is 4.21. The first kappa shape index (κ1) is 16.5. The second-order valence-corrected chi connectivity index (χ2v) is 7.74. The zero-order valence-corrected chi connectivity index (χ0v) is 15.3. The predicted molar refractivity (Wildman–Crippen MR) is 103 cm³/mol. The highest BCUT2D eigenvalue weighted by atomic mass is 32.2. The number of thioether (sulfide) groups is 1. The number of hydrogen-bond acceptors (Lipinski definition) is 4. The van der Waals surface area contributed by atoms with Crippen molar-refractivity contribution in [3.8, 4) is 0 Å². The second kappa shape index (κ2) is 7.05. The third-order valence-corrected chi connectivity index (χ3v) is 5.71. The molecule has 0 unspecified atom stereocenters. The quantitative estimate of drug-likeness (QED) is 0.602. The monoisotopic (exact) mass is 346 g/mol. The highest BCUT2D eigenvalue weighted by molar-refractivity contribution is 8.26. The minimum absolute atomic E-state index is 0.0462. The molecule has 1 aromatic carbocycles. The maximum Gasteiger partial charge on any atom is 0.266 e. The molecule has 2 aliphatic heterocycles. The molecule has 0 aromatic heterocycles. The van der Waals surface area contributed by atoms with Gasteiger partial charge in [0.15, 0.2) is 0 Å². The summed E-state index contributed by atoms with van der Waals surface area (Å²) in [7, 11) is 0. The van der Waals surface area contributed by atoms with E-state index in [0.29, 0.717) is 10.9 Å². The maximum absolute atomic E-state index is 12.4. The number of anilines is 1. The lowest BCUT2D eigenvalue weighted by molar-refractivity contribution is -0.122. The van der Waals surface area contributed by atoms with Crippen molar-refractivity contribution in [1.29, 1.82) is 0 Å². The van der Waals surface area contributed by atoms with Crippen LogP contribution >= 0.6 is 24.0 Å². The summed E-state index contributed by atoms with van der Waals surface area (Å²) in [6.07, 6.45) is 5.46. The van der Waals surface area contributed by atoms with Crippen molar-refractivity contribution in [3.05, 3.63) is 34.2 Å². The minimum Gasteiger partial charge on any atom is -0.372 e. The van der Waals surface area contributed by atoms with Crippen LogP contribution in [0.3, 0.4) is 0 Å². The van der Waals surface area contributed by atoms with Gasteiger partial charge in [0.05, 0.1) is 4.91 Å². The molecule has 0 radical (unpaired) electrons. The first-order chi connectivity index (χ1) is 11.1. The lowest BCUT2D eigenvalue weighted by atomic mass is 10.1. The Labute approximate surface area is 147 Å². The number of rotatable bonds is 4. The van der Waals surface area contributed by atoms with E-state index in [1.165, 1.54) is 35.9 Å². The van der Waals surface area contributed by atoms with E-state index in [1.54, 1.807) is 4.90 Å². The van der Waals surface area contributed by atoms with Crippen molar-refractivity contribution < 1.29 is 4.79 Å². The Morgan fingerprint density at radius 2 is 2.04 bits per heavy atom. The minimum atomic E-state index is 0.0462. The number of carbonyl (C=O) groups excluding carboxylic acids is 1. The fourth-order valence-corrected chi connectivity index (χ4v) is 4.35. The van der Waals surface area contributed by atoms with Gasteiger partial charge >= 0.3 is 0 Å². The molecule has 3 rings (SSSR count). The summed E-state index contributed by atoms with van der Waals surface area (Å²) < 4.78 is 0.675. The number of carbonyl (C=O) groups is 1. The molecule has 5 heteroatoms. The first-order valence-electron chi connectivity index (χ1n) is 8.21. The molecule has 0 aliphatic carbocycles. The van der Waals surface area contributed by atoms with Crippen molar-refractivity contribution >= 4 is 46.0 Å². The van der Waals surface area contributed by atoms with E-state index in [0.717, 1.165) is 30.0 Å². The Morgan fingerprint density at radius 3 is 2.70 bits per heavy atom. The van der Waals surface area contributed by atoms with Crippen LogP contribution in [0.2, 0.25) is 0 Å². The molecule has 2 heterocycles. The smallest absolute Gasteiger partial charge is 0.266 e. The highest BCUT2D eigenvalue weighted by Gasteiger charge is 2.31. The SMILES string of the molecule is CCCN1C(=O)/C(=C/c2ccc(N3CCCC3)cc2C)SC1=S. The third-order valence-electron chi connectivity index (χ3n) is 4.33. The van der Waals surface area contributed by atoms with E-state index < -0.39 is 0 Å². The summed E-state index contributed by atoms with van der Waals surface area (Å²) in [5, 5.41) is 0. The summed E-state index contributed by atoms with van der Waals surface area (Å²) in [4.78, 5) is 17.3. The van der Waals surface area contributed by atoms with Crippen molar-refractivity contribution in [3.63, 3.8) is 0 Å². The lowest BCUT2D eigenvalue weighted by Gasteiger charge is -2.18. The van der Waals surface area contributed by atoms with Gasteiger partial charge in [0.2, 0.25) is 0 Å². The molecule has 0 spiro atoms. The summed E-state index contributed by atoms with van der Waals surface area (Å²) >= 11 is 6.74. The number of aryl methyl sites for hydroxylation is 1. The standard InChI is InChI=1S/C18H22N2OS2/c1-3-8-20-17(21)16(23-18(20)22)12-14-6-7-15(11-13(14)2)19-9-4-5-10-19/h6-7,11-12H,3-5,8-10H2,1-2H3/b16-12-. The van der Waals surface area contributed by atoms with Gasteiger partial charge in [-0.15, -0.1) is 0 Å². The van der Waals surface area contributed by atoms with Crippen LogP contribution in [0, 0.1) is 6.92 Å². The molecule has 2 fully saturated rings. The maximum atomic E-state index is 12.4. The molecule has 0 N–H and O–H groups in total. The van der Waals surface area contributed by atoms with Gasteiger partial charge in [-0.1, -0.05) is 37.0 Å². The lowest BCUT2D eigenvalue weighted by Crippen LogP contribution is -2.28. The molecule has 1 aromatic rings. The van der Waals surface area contributed by atoms with Gasteiger partial charge in [-0.25, -0.2) is 0 Å². The molecule has 23 heavy (non-hydrogen) atoms. The summed E-state index contributed by atoms with van der Waals surface area (Å²) in [6.45, 7) is 7.17. The summed E-state index contributed by atoms with van der Waals surface area (Å²) in [6, 6.07) is 6.51. The molecular formula is C18H22N2OS2. The van der Waals surface area contributed by atoms with Crippen LogP contribution in [-0.2, 0) is 4.79 Å². The Bertz CT molecular complexity index is 663. The molecule has 122 valence electrons. The van der Waals surface area contributed by atoms with Crippen LogP contribution in [0.15, 0.2) is 23.1 Å². The molecular weight excluding hydrogens is 324 g/mol. The number of thiocarbonyl (C=S) groups is 1. The highest BCUT2D eigenvalue weighted by Crippen LogP contribution is 2.33. The molecule has 2 saturated heterocycles. The van der Waals surface area contributed by atoms with Crippen molar-refractivity contribution in [2.24, 2.45) is 0 Å². The van der Waals surface area contributed by atoms with Crippen molar-refractivity contribution in [1.82, 2.24) is 4.90 Å². The largest absolute Gasteiger partial charge is 0.372 e. The molecule has 3 nitrogen and oxygen atoms in total. The van der Waals surface area contributed by atoms with Crippen LogP contribution in [-0.4, -0.2) is 34.8 Å². The van der Waals surface area contributed by atoms with E-state index in [4.69, 9.17) is 12.2 Å². The molecule has 0 bridgehead atoms. The zero-order chi connectivity index (χ0) is 16.4. The topological polar surface area (TPSA) is 23.6 Å². The van der Waals surface area contributed by atoms with Crippen LogP contribution in [0.4, 0.5) is 5.69 Å². The number of amides is 1. The fourth-order valence-electron chi connectivity index (χ4n) is 3.05. The first-order valence-corrected chi connectivity index (χ1v) is 9.43. The van der Waals surface area contributed by atoms with Crippen LogP contribution in [0.25, 0.3) is 6.08 Å². The van der Waals surface area contributed by atoms with Crippen molar-refractivity contribution in [2.75, 3.05) is 24.5 Å². The van der Waals surface area contributed by atoms with E-state index in [-0.39, 0.29) is 5.91 Å². The fraction of sp³-hybridized carbons (Fsp3) is 0.444. The Hall–Kier alpha value is -1.33. The zero-order valence-electron chi connectivity index (χ0n) is 13.7. The Balaban J connectivity index is 1.82. The number of benzene rings is 1. The van der Waals surface area contributed by atoms with Crippen molar-refractivity contribution in [2.45, 2.75) is 33.1 Å². The molecule has 1 amide bonds. The van der Waals surface area contributed by atoms with Crippen LogP contribution < -0.4 is 4.90 Å². The normalized spacial score (nSPS) is 20.2. The summed E-state index contributed by atoms with van der Waals surface area (Å²) in [5.41, 5.74) is 3.59. The average Bonchev–Trinajstić information content (AvgIpc) is 3.14. The van der Waals surface area contributed by atoms with Gasteiger partial charge < -0.3 is 4.90 Å². The van der Waals surface area contributed by atoms with Crippen LogP contribution in [0.1, 0.15) is 37.3 Å². The van der Waals surface area contributed by atoms with E-state index in [9.17, 15) is 4.79 Å². The molecule has 0 saturated carbocycles. The van der Waals surface area contributed by atoms with E-state index in [2.05, 4.69) is 36.9 Å². The Kier molecular flexibility index (Phi) is 5.07. The van der Waals surface area contributed by atoms with Gasteiger partial charge in [0.1, 0.15) is 4.32 Å². The number of nitrogens with zero attached hydrogens (tertiary/aromatic N) is 2. The van der Waals surface area contributed by atoms with E-state index >= 15 is 0 Å². The summed E-state index contributed by atoms with van der Waals surface area (Å²) in [5.74, 6) is 0.0462. The van der Waals surface area contributed by atoms with E-state index in [1.807, 2.05) is 6.08 Å². The molecule has 0 atom stereocenters. The van der Waals surface area contributed by atoms with Gasteiger partial charge in [-0.3, -0.25) is 9.69 Å². The van der Waals surface area contributed by atoms with Crippen LogP contribution in [0.5, 0.6) is 0 Å². The Morgan fingerprint density at radius 1 is 1.30 bits per heavy atom. The van der Waals surface area contributed by atoms with Gasteiger partial charge in [-0.2, -0.15) is 0 Å². The third kappa shape index (κ3) is 3.45. The van der Waals surface area contributed by atoms with Gasteiger partial charge in [-0.05, 0) is 55.5 Å².